The Bertz CT molecular complexity index is 3220. The zero-order valence-electron chi connectivity index (χ0n) is 28.4. The number of aromatic nitrogens is 2. The second kappa shape index (κ2) is 12.4. The molecule has 0 atom stereocenters. The van der Waals surface area contributed by atoms with Gasteiger partial charge >= 0.3 is 0 Å². The van der Waals surface area contributed by atoms with E-state index in [1.54, 1.807) is 24.3 Å². The molecule has 0 unspecified atom stereocenters. The molecule has 0 amide bonds. The van der Waals surface area contributed by atoms with Crippen LogP contribution in [0.3, 0.4) is 0 Å². The molecule has 0 spiro atoms. The monoisotopic (exact) mass is 685 g/mol. The predicted molar refractivity (Wildman–Crippen MR) is 210 cm³/mol. The highest BCUT2D eigenvalue weighted by Crippen LogP contribution is 2.41. The number of fused-ring (bicyclic) bond motifs is 6. The molecule has 246 valence electrons. The molecule has 0 aliphatic rings. The quantitative estimate of drug-likeness (QED) is 0.182. The molecule has 54 heavy (non-hydrogen) atoms. The number of hydrogen-bond donors (Lipinski definition) is 0. The first-order valence-electron chi connectivity index (χ1n) is 17.0. The molecule has 7 nitrogen and oxygen atoms in total. The maximum Gasteiger partial charge on any atom is 0.0998 e. The second-order valence-corrected chi connectivity index (χ2v) is 13.0. The van der Waals surface area contributed by atoms with Crippen molar-refractivity contribution in [3.05, 3.63) is 167 Å². The standard InChI is InChI=1S/C47H23N7/c48-24-29-9-14-45-41(19-29)39-7-3-4-8-44(39)54(45)36-18-32(27-51)17-34(22-36)40-23-35(12-13-38(40)37-6-2-1-5-33(37)28-52)53-46-15-10-30(25-49)20-42(46)43-21-31(26-50)11-16-47(43)53/h1-23H. The van der Waals surface area contributed by atoms with Crippen LogP contribution in [0, 0.1) is 56.7 Å². The van der Waals surface area contributed by atoms with Gasteiger partial charge in [0.05, 0.1) is 80.2 Å². The van der Waals surface area contributed by atoms with Gasteiger partial charge in [-0.05, 0) is 114 Å². The maximum absolute atomic E-state index is 10.4. The molecular weight excluding hydrogens is 663 g/mol. The Kier molecular flexibility index (Phi) is 7.26. The van der Waals surface area contributed by atoms with E-state index >= 15 is 0 Å². The van der Waals surface area contributed by atoms with Gasteiger partial charge < -0.3 is 9.13 Å². The number of nitrogens with zero attached hydrogens (tertiary/aromatic N) is 7. The number of benzene rings is 7. The SMILES string of the molecule is N#Cc1cc(-c2cc(-n3c4ccc(C#N)cc4c4cc(C#N)ccc43)ccc2-c2ccccc2C#N)cc(-n2c3ccccc3c3cc(C#N)ccc32)c1. The van der Waals surface area contributed by atoms with Gasteiger partial charge in [-0.2, -0.15) is 26.3 Å². The van der Waals surface area contributed by atoms with Crippen LogP contribution in [-0.4, -0.2) is 9.13 Å². The molecule has 2 aromatic heterocycles. The molecule has 0 fully saturated rings. The summed E-state index contributed by atoms with van der Waals surface area (Å²) in [6.45, 7) is 0. The Hall–Kier alpha value is -8.41. The summed E-state index contributed by atoms with van der Waals surface area (Å²) in [7, 11) is 0. The Balaban J connectivity index is 1.36. The molecule has 2 heterocycles. The van der Waals surface area contributed by atoms with Gasteiger partial charge in [0.25, 0.3) is 0 Å². The molecule has 0 saturated heterocycles. The minimum absolute atomic E-state index is 0.455. The van der Waals surface area contributed by atoms with E-state index in [1.807, 2.05) is 103 Å². The third kappa shape index (κ3) is 4.86. The Morgan fingerprint density at radius 1 is 0.333 bits per heavy atom. The van der Waals surface area contributed by atoms with Crippen molar-refractivity contribution < 1.29 is 0 Å². The molecule has 7 heteroatoms. The van der Waals surface area contributed by atoms with Crippen LogP contribution < -0.4 is 0 Å². The highest BCUT2D eigenvalue weighted by molar-refractivity contribution is 6.11. The topological polar surface area (TPSA) is 129 Å². The first kappa shape index (κ1) is 31.6. The molecule has 0 saturated carbocycles. The van der Waals surface area contributed by atoms with Crippen molar-refractivity contribution >= 4 is 43.6 Å². The van der Waals surface area contributed by atoms with Gasteiger partial charge in [-0.1, -0.05) is 42.5 Å². The summed E-state index contributed by atoms with van der Waals surface area (Å²) in [5.41, 5.74) is 10.9. The van der Waals surface area contributed by atoms with Crippen LogP contribution >= 0.6 is 0 Å². The minimum Gasteiger partial charge on any atom is -0.309 e. The fraction of sp³-hybridized carbons (Fsp3) is 0. The van der Waals surface area contributed by atoms with Crippen LogP contribution in [-0.2, 0) is 0 Å². The van der Waals surface area contributed by atoms with Crippen LogP contribution in [0.2, 0.25) is 0 Å². The summed E-state index contributed by atoms with van der Waals surface area (Å²) >= 11 is 0. The van der Waals surface area contributed by atoms with Gasteiger partial charge in [-0.3, -0.25) is 0 Å². The van der Waals surface area contributed by atoms with Gasteiger partial charge in [0, 0.05) is 38.5 Å². The van der Waals surface area contributed by atoms with Gasteiger partial charge in [-0.15, -0.1) is 0 Å². The molecule has 0 N–H and O–H groups in total. The minimum atomic E-state index is 0.455. The lowest BCUT2D eigenvalue weighted by molar-refractivity contribution is 1.17. The van der Waals surface area contributed by atoms with E-state index in [1.165, 1.54) is 0 Å². The van der Waals surface area contributed by atoms with Crippen molar-refractivity contribution in [2.24, 2.45) is 0 Å². The molecular formula is C47H23N7. The van der Waals surface area contributed by atoms with Crippen molar-refractivity contribution in [1.29, 1.82) is 26.3 Å². The Morgan fingerprint density at radius 3 is 1.48 bits per heavy atom. The van der Waals surface area contributed by atoms with Crippen LogP contribution in [0.25, 0.3) is 77.2 Å². The fourth-order valence-corrected chi connectivity index (χ4v) is 7.68. The van der Waals surface area contributed by atoms with E-state index in [4.69, 9.17) is 0 Å². The number of rotatable bonds is 4. The zero-order valence-corrected chi connectivity index (χ0v) is 28.4. The number of para-hydroxylation sites is 1. The van der Waals surface area contributed by atoms with E-state index in [0.717, 1.165) is 77.2 Å². The van der Waals surface area contributed by atoms with E-state index < -0.39 is 0 Å². The molecule has 7 aromatic carbocycles. The Morgan fingerprint density at radius 2 is 0.870 bits per heavy atom. The van der Waals surface area contributed by atoms with Gasteiger partial charge in [0.15, 0.2) is 0 Å². The molecule has 9 rings (SSSR count). The van der Waals surface area contributed by atoms with Crippen molar-refractivity contribution in [3.63, 3.8) is 0 Å². The summed E-state index contributed by atoms with van der Waals surface area (Å²) in [6.07, 6.45) is 0. The summed E-state index contributed by atoms with van der Waals surface area (Å²) in [6, 6.07) is 55.6. The lowest BCUT2D eigenvalue weighted by Gasteiger charge is -2.17. The molecule has 0 radical (unpaired) electrons. The van der Waals surface area contributed by atoms with E-state index in [9.17, 15) is 26.3 Å². The van der Waals surface area contributed by atoms with Gasteiger partial charge in [-0.25, -0.2) is 0 Å². The zero-order chi connectivity index (χ0) is 36.9. The Labute approximate surface area is 309 Å². The summed E-state index contributed by atoms with van der Waals surface area (Å²) in [5, 5.41) is 53.4. The maximum atomic E-state index is 10.4. The lowest BCUT2D eigenvalue weighted by Crippen LogP contribution is -1.99. The third-order valence-corrected chi connectivity index (χ3v) is 10.0. The average Bonchev–Trinajstić information content (AvgIpc) is 3.74. The van der Waals surface area contributed by atoms with Crippen molar-refractivity contribution in [1.82, 2.24) is 9.13 Å². The fourth-order valence-electron chi connectivity index (χ4n) is 7.68. The van der Waals surface area contributed by atoms with Gasteiger partial charge in [0.2, 0.25) is 0 Å². The van der Waals surface area contributed by atoms with E-state index in [0.29, 0.717) is 27.8 Å². The highest BCUT2D eigenvalue weighted by Gasteiger charge is 2.20. The molecule has 0 aliphatic heterocycles. The van der Waals surface area contributed by atoms with Crippen molar-refractivity contribution in [3.8, 4) is 64.0 Å². The summed E-state index contributed by atoms with van der Waals surface area (Å²) in [4.78, 5) is 0. The van der Waals surface area contributed by atoms with Gasteiger partial charge in [0.1, 0.15) is 0 Å². The molecule has 0 aliphatic carbocycles. The predicted octanol–water partition coefficient (Wildman–Crippen LogP) is 10.6. The highest BCUT2D eigenvalue weighted by atomic mass is 15.0. The number of nitriles is 5. The first-order chi connectivity index (χ1) is 26.5. The lowest BCUT2D eigenvalue weighted by atomic mass is 9.90. The largest absolute Gasteiger partial charge is 0.309 e. The van der Waals surface area contributed by atoms with Crippen molar-refractivity contribution in [2.75, 3.05) is 0 Å². The van der Waals surface area contributed by atoms with Crippen molar-refractivity contribution in [2.45, 2.75) is 0 Å². The summed E-state index contributed by atoms with van der Waals surface area (Å²) in [5.74, 6) is 0. The molecule has 9 aromatic rings. The normalized spacial score (nSPS) is 10.9. The third-order valence-electron chi connectivity index (χ3n) is 10.0. The smallest absolute Gasteiger partial charge is 0.0998 e. The molecule has 0 bridgehead atoms. The van der Waals surface area contributed by atoms with Crippen LogP contribution in [0.4, 0.5) is 0 Å². The second-order valence-electron chi connectivity index (χ2n) is 13.0. The van der Waals surface area contributed by atoms with E-state index in [-0.39, 0.29) is 0 Å². The van der Waals surface area contributed by atoms with E-state index in [2.05, 4.69) is 51.6 Å². The van der Waals surface area contributed by atoms with Crippen LogP contribution in [0.1, 0.15) is 27.8 Å². The first-order valence-corrected chi connectivity index (χ1v) is 17.0. The number of hydrogen-bond acceptors (Lipinski definition) is 5. The van der Waals surface area contributed by atoms with Crippen LogP contribution in [0.5, 0.6) is 0 Å². The summed E-state index contributed by atoms with van der Waals surface area (Å²) < 4.78 is 4.24. The average molecular weight is 686 g/mol. The van der Waals surface area contributed by atoms with Crippen LogP contribution in [0.15, 0.2) is 140 Å².